The quantitative estimate of drug-likeness (QED) is 0.473. The molecule has 4 atom stereocenters. The van der Waals surface area contributed by atoms with Crippen LogP contribution in [0.5, 0.6) is 0 Å². The molecule has 0 aromatic heterocycles. The van der Waals surface area contributed by atoms with Crippen LogP contribution in [0.1, 0.15) is 0 Å². The van der Waals surface area contributed by atoms with Gasteiger partial charge in [0.15, 0.2) is 0 Å². The van der Waals surface area contributed by atoms with E-state index in [1.54, 1.807) is 0 Å². The zero-order chi connectivity index (χ0) is 16.4. The molecule has 1 heterocycles. The minimum Gasteiger partial charge on any atom is -0.278 e. The zero-order valence-electron chi connectivity index (χ0n) is 8.35. The molecule has 14 heteroatoms. The van der Waals surface area contributed by atoms with Gasteiger partial charge >= 0.3 is 34.7 Å². The second kappa shape index (κ2) is 4.17. The SMILES string of the molecule is FC(F)(F)C1(F)OC(F)(Cl)C(F)(Cl)OC1(F)C(F)(F)F. The van der Waals surface area contributed by atoms with E-state index in [-0.39, 0.29) is 0 Å². The number of halogens is 12. The lowest BCUT2D eigenvalue weighted by atomic mass is 10.1. The molecule has 0 N–H and O–H groups in total. The first-order valence-electron chi connectivity index (χ1n) is 4.08. The summed E-state index contributed by atoms with van der Waals surface area (Å²) in [6, 6.07) is 0. The molecule has 1 rings (SSSR count). The van der Waals surface area contributed by atoms with Gasteiger partial charge in [0, 0.05) is 0 Å². The highest BCUT2D eigenvalue weighted by Crippen LogP contribution is 2.63. The fourth-order valence-corrected chi connectivity index (χ4v) is 1.37. The molecule has 1 aliphatic heterocycles. The summed E-state index contributed by atoms with van der Waals surface area (Å²) in [6.07, 6.45) is -13.7. The van der Waals surface area contributed by atoms with Crippen LogP contribution in [0.4, 0.5) is 43.9 Å². The Morgan fingerprint density at radius 3 is 0.950 bits per heavy atom. The van der Waals surface area contributed by atoms with E-state index in [0.29, 0.717) is 0 Å². The monoisotopic (exact) mass is 364 g/mol. The summed E-state index contributed by atoms with van der Waals surface area (Å²) in [5.74, 6) is -13.0. The summed E-state index contributed by atoms with van der Waals surface area (Å²) >= 11 is 8.47. The third kappa shape index (κ3) is 2.20. The highest BCUT2D eigenvalue weighted by Gasteiger charge is 2.90. The standard InChI is InChI=1S/C6Cl2F10O2/c7-3(11)4(8,12)20-2(10,6(16,17)18)1(9,19-3)5(13,14)15. The Bertz CT molecular complexity index is 368. The summed E-state index contributed by atoms with van der Waals surface area (Å²) in [5.41, 5.74) is 0. The average Bonchev–Trinajstić information content (AvgIpc) is 2.09. The van der Waals surface area contributed by atoms with E-state index in [9.17, 15) is 43.9 Å². The van der Waals surface area contributed by atoms with Crippen LogP contribution in [0, 0.1) is 0 Å². The van der Waals surface area contributed by atoms with Crippen LogP contribution in [0.2, 0.25) is 0 Å². The molecule has 0 radical (unpaired) electrons. The fourth-order valence-electron chi connectivity index (χ4n) is 1.08. The molecule has 120 valence electrons. The summed E-state index contributed by atoms with van der Waals surface area (Å²) < 4.78 is 131. The van der Waals surface area contributed by atoms with Gasteiger partial charge in [0.2, 0.25) is 0 Å². The third-order valence-corrected chi connectivity index (χ3v) is 2.76. The Morgan fingerprint density at radius 1 is 0.600 bits per heavy atom. The number of hydrogen-bond donors (Lipinski definition) is 0. The fraction of sp³-hybridized carbons (Fsp3) is 1.00. The van der Waals surface area contributed by atoms with Crippen LogP contribution in [0.25, 0.3) is 0 Å². The van der Waals surface area contributed by atoms with Gasteiger partial charge in [-0.2, -0.15) is 43.9 Å². The summed E-state index contributed by atoms with van der Waals surface area (Å²) in [7, 11) is 0. The smallest absolute Gasteiger partial charge is 0.278 e. The molecule has 0 aromatic carbocycles. The van der Waals surface area contributed by atoms with Crippen molar-refractivity contribution < 1.29 is 53.4 Å². The highest BCUT2D eigenvalue weighted by atomic mass is 35.5. The van der Waals surface area contributed by atoms with Gasteiger partial charge in [0.25, 0.3) is 0 Å². The van der Waals surface area contributed by atoms with Gasteiger partial charge in [-0.3, -0.25) is 9.47 Å². The van der Waals surface area contributed by atoms with Crippen LogP contribution >= 0.6 is 23.2 Å². The van der Waals surface area contributed by atoms with Crippen LogP contribution in [-0.2, 0) is 9.47 Å². The molecule has 0 saturated carbocycles. The van der Waals surface area contributed by atoms with Crippen LogP contribution < -0.4 is 0 Å². The Morgan fingerprint density at radius 2 is 0.800 bits per heavy atom. The van der Waals surface area contributed by atoms with Gasteiger partial charge in [0.05, 0.1) is 0 Å². The first-order chi connectivity index (χ1) is 8.41. The van der Waals surface area contributed by atoms with Gasteiger partial charge in [0.1, 0.15) is 0 Å². The second-order valence-electron chi connectivity index (χ2n) is 3.42. The largest absolute Gasteiger partial charge is 0.455 e. The lowest BCUT2D eigenvalue weighted by molar-refractivity contribution is -0.555. The first-order valence-corrected chi connectivity index (χ1v) is 4.84. The molecular weight excluding hydrogens is 365 g/mol. The summed E-state index contributed by atoms with van der Waals surface area (Å²) in [4.78, 5) is 0. The van der Waals surface area contributed by atoms with E-state index in [1.165, 1.54) is 0 Å². The maximum absolute atomic E-state index is 13.3. The minimum absolute atomic E-state index is 2.46. The van der Waals surface area contributed by atoms with Gasteiger partial charge in [-0.15, -0.1) is 0 Å². The maximum atomic E-state index is 13.3. The zero-order valence-corrected chi connectivity index (χ0v) is 9.86. The van der Waals surface area contributed by atoms with Gasteiger partial charge in [-0.05, 0) is 23.2 Å². The summed E-state index contributed by atoms with van der Waals surface area (Å²) in [5, 5.41) is -10.2. The molecule has 0 spiro atoms. The molecule has 20 heavy (non-hydrogen) atoms. The average molecular weight is 365 g/mol. The topological polar surface area (TPSA) is 18.5 Å². The third-order valence-electron chi connectivity index (χ3n) is 2.02. The molecule has 0 bridgehead atoms. The van der Waals surface area contributed by atoms with Crippen molar-refractivity contribution in [2.75, 3.05) is 0 Å². The van der Waals surface area contributed by atoms with E-state index in [4.69, 9.17) is 0 Å². The molecule has 1 fully saturated rings. The molecule has 0 aromatic rings. The maximum Gasteiger partial charge on any atom is 0.455 e. The molecule has 0 aliphatic carbocycles. The van der Waals surface area contributed by atoms with E-state index in [1.807, 2.05) is 0 Å². The Labute approximate surface area is 112 Å². The Balaban J connectivity index is 3.55. The van der Waals surface area contributed by atoms with Crippen molar-refractivity contribution in [3.05, 3.63) is 0 Å². The van der Waals surface area contributed by atoms with Crippen molar-refractivity contribution in [2.45, 2.75) is 34.7 Å². The minimum atomic E-state index is -6.84. The predicted octanol–water partition coefficient (Wildman–Crippen LogP) is 4.21. The molecule has 1 aliphatic rings. The second-order valence-corrected chi connectivity index (χ2v) is 4.40. The number of ether oxygens (including phenoxy) is 2. The Hall–Kier alpha value is -0.200. The lowest BCUT2D eigenvalue weighted by Gasteiger charge is -2.49. The normalized spacial score (nSPS) is 47.4. The molecule has 1 saturated heterocycles. The van der Waals surface area contributed by atoms with E-state index >= 15 is 0 Å². The number of alkyl halides is 12. The number of hydrogen-bond acceptors (Lipinski definition) is 2. The van der Waals surface area contributed by atoms with E-state index in [2.05, 4.69) is 32.7 Å². The van der Waals surface area contributed by atoms with Gasteiger partial charge < -0.3 is 0 Å². The van der Waals surface area contributed by atoms with E-state index in [0.717, 1.165) is 0 Å². The summed E-state index contributed by atoms with van der Waals surface area (Å²) in [6.45, 7) is 0. The van der Waals surface area contributed by atoms with Crippen molar-refractivity contribution in [1.29, 1.82) is 0 Å². The van der Waals surface area contributed by atoms with Crippen LogP contribution in [0.3, 0.4) is 0 Å². The molecular formula is C6Cl2F10O2. The molecule has 0 amide bonds. The van der Waals surface area contributed by atoms with Crippen LogP contribution in [-0.4, -0.2) is 34.7 Å². The first kappa shape index (κ1) is 17.9. The Kier molecular flexibility index (Phi) is 3.72. The van der Waals surface area contributed by atoms with Gasteiger partial charge in [-0.1, -0.05) is 0 Å². The lowest BCUT2D eigenvalue weighted by Crippen LogP contribution is -2.75. The highest BCUT2D eigenvalue weighted by molar-refractivity contribution is 6.31. The molecule has 4 unspecified atom stereocenters. The van der Waals surface area contributed by atoms with Gasteiger partial charge in [-0.25, -0.2) is 0 Å². The van der Waals surface area contributed by atoms with Crippen molar-refractivity contribution in [2.24, 2.45) is 0 Å². The predicted molar refractivity (Wildman–Crippen MR) is 41.3 cm³/mol. The van der Waals surface area contributed by atoms with Crippen molar-refractivity contribution in [1.82, 2.24) is 0 Å². The number of rotatable bonds is 0. The van der Waals surface area contributed by atoms with Crippen molar-refractivity contribution >= 4 is 23.2 Å². The van der Waals surface area contributed by atoms with Crippen molar-refractivity contribution in [3.8, 4) is 0 Å². The van der Waals surface area contributed by atoms with Crippen molar-refractivity contribution in [3.63, 3.8) is 0 Å². The van der Waals surface area contributed by atoms with Crippen LogP contribution in [0.15, 0.2) is 0 Å². The molecule has 2 nitrogen and oxygen atoms in total. The van der Waals surface area contributed by atoms with E-state index < -0.39 is 34.7 Å².